The van der Waals surface area contributed by atoms with Gasteiger partial charge in [-0.2, -0.15) is 0 Å². The summed E-state index contributed by atoms with van der Waals surface area (Å²) in [6.07, 6.45) is 0. The van der Waals surface area contributed by atoms with Crippen molar-refractivity contribution in [2.45, 2.75) is 6.92 Å². The highest BCUT2D eigenvalue weighted by Gasteiger charge is 2.18. The van der Waals surface area contributed by atoms with Gasteiger partial charge in [0.2, 0.25) is 5.89 Å². The lowest BCUT2D eigenvalue weighted by Gasteiger charge is -2.06. The fourth-order valence-electron chi connectivity index (χ4n) is 3.36. The largest absolute Gasteiger partial charge is 0.497 e. The van der Waals surface area contributed by atoms with Crippen molar-refractivity contribution < 1.29 is 28.2 Å². The number of carbonyl (C=O) groups excluding carboxylic acids is 1. The summed E-state index contributed by atoms with van der Waals surface area (Å²) in [6, 6.07) is 22.5. The normalized spacial score (nSPS) is 10.6. The summed E-state index contributed by atoms with van der Waals surface area (Å²) in [5.74, 6) is 2.77. The van der Waals surface area contributed by atoms with Crippen molar-refractivity contribution in [2.75, 3.05) is 27.4 Å². The number of esters is 1. The van der Waals surface area contributed by atoms with Gasteiger partial charge in [0.1, 0.15) is 22.9 Å². The van der Waals surface area contributed by atoms with Crippen LogP contribution in [0.25, 0.3) is 34.0 Å². The second-order valence-electron chi connectivity index (χ2n) is 7.27. The van der Waals surface area contributed by atoms with Crippen molar-refractivity contribution in [1.29, 1.82) is 0 Å². The Balaban J connectivity index is 1.66. The van der Waals surface area contributed by atoms with Crippen LogP contribution in [-0.2, 0) is 9.53 Å². The Morgan fingerprint density at radius 1 is 0.765 bits per heavy atom. The van der Waals surface area contributed by atoms with Crippen LogP contribution in [-0.4, -0.2) is 38.4 Å². The molecular weight excluding hydrogens is 434 g/mol. The topological polar surface area (TPSA) is 80.0 Å². The Labute approximate surface area is 197 Å². The first-order valence-corrected chi connectivity index (χ1v) is 10.8. The summed E-state index contributed by atoms with van der Waals surface area (Å²) in [5.41, 5.74) is 3.26. The van der Waals surface area contributed by atoms with Gasteiger partial charge in [-0.25, -0.2) is 9.78 Å². The zero-order chi connectivity index (χ0) is 23.9. The smallest absolute Gasteiger partial charge is 0.344 e. The van der Waals surface area contributed by atoms with E-state index in [1.54, 1.807) is 33.3 Å². The fourth-order valence-corrected chi connectivity index (χ4v) is 3.36. The number of nitrogens with zero attached hydrogens (tertiary/aromatic N) is 1. The van der Waals surface area contributed by atoms with E-state index in [-0.39, 0.29) is 6.61 Å². The third-order valence-corrected chi connectivity index (χ3v) is 5.11. The SMILES string of the molecule is CCOC(=O)COc1ccc(-c2nc(-c3ccc(OC)cc3)c(-c3ccc(OC)cc3)o2)cc1. The lowest BCUT2D eigenvalue weighted by molar-refractivity contribution is -0.145. The summed E-state index contributed by atoms with van der Waals surface area (Å²) in [5, 5.41) is 0. The zero-order valence-corrected chi connectivity index (χ0v) is 19.2. The van der Waals surface area contributed by atoms with Crippen LogP contribution in [0.15, 0.2) is 77.2 Å². The van der Waals surface area contributed by atoms with Gasteiger partial charge in [-0.3, -0.25) is 0 Å². The van der Waals surface area contributed by atoms with E-state index in [2.05, 4.69) is 0 Å². The molecule has 0 radical (unpaired) electrons. The second kappa shape index (κ2) is 10.6. The number of rotatable bonds is 9. The van der Waals surface area contributed by atoms with Crippen molar-refractivity contribution in [3.05, 3.63) is 72.8 Å². The molecule has 0 spiro atoms. The van der Waals surface area contributed by atoms with Gasteiger partial charge in [-0.05, 0) is 79.7 Å². The van der Waals surface area contributed by atoms with Crippen LogP contribution < -0.4 is 14.2 Å². The van der Waals surface area contributed by atoms with Crippen LogP contribution in [0, 0.1) is 0 Å². The van der Waals surface area contributed by atoms with Gasteiger partial charge >= 0.3 is 5.97 Å². The molecule has 0 saturated heterocycles. The Hall–Kier alpha value is -4.26. The molecule has 1 heterocycles. The molecule has 7 nitrogen and oxygen atoms in total. The quantitative estimate of drug-likeness (QED) is 0.300. The molecule has 3 aromatic carbocycles. The highest BCUT2D eigenvalue weighted by molar-refractivity contribution is 5.79. The molecule has 0 aliphatic heterocycles. The monoisotopic (exact) mass is 459 g/mol. The third-order valence-electron chi connectivity index (χ3n) is 5.11. The number of ether oxygens (including phenoxy) is 4. The molecular formula is C27H25NO6. The van der Waals surface area contributed by atoms with E-state index >= 15 is 0 Å². The average molecular weight is 459 g/mol. The summed E-state index contributed by atoms with van der Waals surface area (Å²) in [6.45, 7) is 1.93. The molecule has 0 N–H and O–H groups in total. The number of hydrogen-bond acceptors (Lipinski definition) is 7. The van der Waals surface area contributed by atoms with E-state index in [0.717, 1.165) is 28.2 Å². The number of oxazole rings is 1. The first kappa shape index (κ1) is 22.9. The van der Waals surface area contributed by atoms with Gasteiger partial charge in [0.05, 0.1) is 20.8 Å². The van der Waals surface area contributed by atoms with Gasteiger partial charge in [0, 0.05) is 16.7 Å². The summed E-state index contributed by atoms with van der Waals surface area (Å²) >= 11 is 0. The standard InChI is InChI=1S/C27H25NO6/c1-4-32-24(29)17-33-23-15-9-20(10-16-23)27-28-25(18-5-11-21(30-2)12-6-18)26(34-27)19-7-13-22(31-3)14-8-19/h5-16H,4,17H2,1-3H3. The molecule has 4 aromatic rings. The van der Waals surface area contributed by atoms with Crippen molar-refractivity contribution in [1.82, 2.24) is 4.98 Å². The molecule has 0 aliphatic carbocycles. The Morgan fingerprint density at radius 2 is 1.29 bits per heavy atom. The van der Waals surface area contributed by atoms with E-state index < -0.39 is 5.97 Å². The van der Waals surface area contributed by atoms with E-state index in [1.165, 1.54) is 0 Å². The zero-order valence-electron chi connectivity index (χ0n) is 19.2. The third kappa shape index (κ3) is 5.20. The second-order valence-corrected chi connectivity index (χ2v) is 7.27. The summed E-state index contributed by atoms with van der Waals surface area (Å²) < 4.78 is 27.2. The van der Waals surface area contributed by atoms with Crippen LogP contribution in [0.4, 0.5) is 0 Å². The van der Waals surface area contributed by atoms with Gasteiger partial charge in [0.15, 0.2) is 12.4 Å². The highest BCUT2D eigenvalue weighted by atomic mass is 16.6. The number of hydrogen-bond donors (Lipinski definition) is 0. The minimum Gasteiger partial charge on any atom is -0.497 e. The lowest BCUT2D eigenvalue weighted by Crippen LogP contribution is -2.14. The van der Waals surface area contributed by atoms with Crippen molar-refractivity contribution in [2.24, 2.45) is 0 Å². The molecule has 7 heteroatoms. The molecule has 0 fully saturated rings. The Bertz CT molecular complexity index is 1160. The fraction of sp³-hybridized carbons (Fsp3) is 0.185. The molecule has 34 heavy (non-hydrogen) atoms. The number of benzene rings is 3. The molecule has 4 rings (SSSR count). The van der Waals surface area contributed by atoms with E-state index in [1.807, 2.05) is 60.7 Å². The molecule has 0 aliphatic rings. The Morgan fingerprint density at radius 3 is 1.85 bits per heavy atom. The van der Waals surface area contributed by atoms with Crippen LogP contribution in [0.3, 0.4) is 0 Å². The van der Waals surface area contributed by atoms with Gasteiger partial charge in [-0.1, -0.05) is 0 Å². The first-order valence-electron chi connectivity index (χ1n) is 10.8. The average Bonchev–Trinajstić information content (AvgIpc) is 3.33. The lowest BCUT2D eigenvalue weighted by atomic mass is 10.1. The van der Waals surface area contributed by atoms with Crippen LogP contribution in [0.1, 0.15) is 6.92 Å². The van der Waals surface area contributed by atoms with Crippen molar-refractivity contribution in [3.63, 3.8) is 0 Å². The van der Waals surface area contributed by atoms with Crippen molar-refractivity contribution >= 4 is 5.97 Å². The van der Waals surface area contributed by atoms with Gasteiger partial charge < -0.3 is 23.4 Å². The predicted molar refractivity (Wildman–Crippen MR) is 128 cm³/mol. The molecule has 0 bridgehead atoms. The van der Waals surface area contributed by atoms with Crippen LogP contribution in [0.2, 0.25) is 0 Å². The molecule has 0 amide bonds. The van der Waals surface area contributed by atoms with Crippen LogP contribution >= 0.6 is 0 Å². The van der Waals surface area contributed by atoms with E-state index in [0.29, 0.717) is 29.7 Å². The minimum atomic E-state index is -0.410. The van der Waals surface area contributed by atoms with Crippen molar-refractivity contribution in [3.8, 4) is 51.3 Å². The highest BCUT2D eigenvalue weighted by Crippen LogP contribution is 2.37. The number of carbonyl (C=O) groups is 1. The van der Waals surface area contributed by atoms with E-state index in [9.17, 15) is 4.79 Å². The maximum Gasteiger partial charge on any atom is 0.344 e. The van der Waals surface area contributed by atoms with E-state index in [4.69, 9.17) is 28.3 Å². The predicted octanol–water partition coefficient (Wildman–Crippen LogP) is 5.63. The molecule has 0 saturated carbocycles. The molecule has 0 unspecified atom stereocenters. The molecule has 174 valence electrons. The minimum absolute atomic E-state index is 0.143. The maximum absolute atomic E-state index is 11.5. The number of methoxy groups -OCH3 is 2. The van der Waals surface area contributed by atoms with Gasteiger partial charge in [-0.15, -0.1) is 0 Å². The molecule has 0 atom stereocenters. The number of aromatic nitrogens is 1. The summed E-state index contributed by atoms with van der Waals surface area (Å²) in [4.78, 5) is 16.3. The maximum atomic E-state index is 11.5. The Kier molecular flexibility index (Phi) is 7.13. The summed E-state index contributed by atoms with van der Waals surface area (Å²) in [7, 11) is 3.26. The van der Waals surface area contributed by atoms with Gasteiger partial charge in [0.25, 0.3) is 0 Å². The molecule has 1 aromatic heterocycles. The first-order chi connectivity index (χ1) is 16.6. The van der Waals surface area contributed by atoms with Crippen LogP contribution in [0.5, 0.6) is 17.2 Å².